The van der Waals surface area contributed by atoms with Crippen LogP contribution in [0.15, 0.2) is 107 Å². The molecule has 4 aromatic rings. The van der Waals surface area contributed by atoms with Gasteiger partial charge in [0.2, 0.25) is 5.91 Å². The van der Waals surface area contributed by atoms with E-state index in [9.17, 15) is 36.0 Å². The van der Waals surface area contributed by atoms with Crippen molar-refractivity contribution in [3.05, 3.63) is 113 Å². The third-order valence-corrected chi connectivity index (χ3v) is 7.22. The van der Waals surface area contributed by atoms with Crippen LogP contribution >= 0.6 is 0 Å². The average molecular weight is 585 g/mol. The van der Waals surface area contributed by atoms with E-state index in [-0.39, 0.29) is 16.5 Å². The van der Waals surface area contributed by atoms with E-state index in [0.717, 1.165) is 10.6 Å². The molecule has 0 saturated carbocycles. The molecular weight excluding hydrogens is 561 g/mol. The van der Waals surface area contributed by atoms with Crippen molar-refractivity contribution in [1.29, 1.82) is 0 Å². The lowest BCUT2D eigenvalue weighted by atomic mass is 10.0. The summed E-state index contributed by atoms with van der Waals surface area (Å²) >= 11 is 0. The van der Waals surface area contributed by atoms with Gasteiger partial charge in [0, 0.05) is 18.1 Å². The van der Waals surface area contributed by atoms with E-state index in [4.69, 9.17) is 0 Å². The van der Waals surface area contributed by atoms with Crippen LogP contribution in [-0.2, 0) is 32.6 Å². The molecule has 0 radical (unpaired) electrons. The second-order valence-electron chi connectivity index (χ2n) is 8.85. The fourth-order valence-electron chi connectivity index (χ4n) is 3.96. The highest BCUT2D eigenvalue weighted by Gasteiger charge is 2.44. The number of nitrogens with one attached hydrogen (secondary N) is 2. The quantitative estimate of drug-likeness (QED) is 0.294. The Morgan fingerprint density at radius 2 is 1.44 bits per heavy atom. The minimum absolute atomic E-state index is 0.0783. The molecule has 1 aromatic heterocycles. The van der Waals surface area contributed by atoms with E-state index in [1.165, 1.54) is 36.4 Å². The van der Waals surface area contributed by atoms with Gasteiger partial charge in [-0.05, 0) is 17.7 Å². The minimum atomic E-state index is -5.21. The number of hydrogen-bond donors (Lipinski definition) is 2. The number of Topliss-reactive ketones (excluding diaryl/α,β-unsaturated/α-hetero) is 1. The lowest BCUT2D eigenvalue weighted by Crippen LogP contribution is -2.49. The van der Waals surface area contributed by atoms with Gasteiger partial charge in [-0.25, -0.2) is 13.4 Å². The first-order valence-corrected chi connectivity index (χ1v) is 13.6. The molecule has 2 N–H and O–H groups in total. The molecule has 13 heteroatoms. The Hall–Kier alpha value is -4.78. The molecule has 0 aliphatic carbocycles. The molecule has 4 rings (SSSR count). The molecule has 212 valence electrons. The first kappa shape index (κ1) is 29.2. The van der Waals surface area contributed by atoms with E-state index < -0.39 is 52.5 Å². The van der Waals surface area contributed by atoms with Crippen molar-refractivity contribution in [2.24, 2.45) is 0 Å². The van der Waals surface area contributed by atoms with E-state index in [1.54, 1.807) is 54.6 Å². The van der Waals surface area contributed by atoms with Crippen molar-refractivity contribution in [3.8, 4) is 11.4 Å². The summed E-state index contributed by atoms with van der Waals surface area (Å²) in [5, 5.41) is 2.09. The zero-order valence-electron chi connectivity index (χ0n) is 21.2. The van der Waals surface area contributed by atoms with E-state index in [0.29, 0.717) is 11.1 Å². The predicted molar refractivity (Wildman–Crippen MR) is 144 cm³/mol. The molecule has 41 heavy (non-hydrogen) atoms. The first-order valence-electron chi connectivity index (χ1n) is 12.1. The van der Waals surface area contributed by atoms with Gasteiger partial charge in [-0.1, -0.05) is 78.9 Å². The third kappa shape index (κ3) is 7.45. The third-order valence-electron chi connectivity index (χ3n) is 5.85. The summed E-state index contributed by atoms with van der Waals surface area (Å²) in [6, 6.07) is 22.1. The Kier molecular flexibility index (Phi) is 8.67. The highest BCUT2D eigenvalue weighted by Crippen LogP contribution is 2.21. The number of amides is 1. The maximum Gasteiger partial charge on any atom is 0.452 e. The molecule has 0 aliphatic rings. The zero-order valence-corrected chi connectivity index (χ0v) is 22.0. The van der Waals surface area contributed by atoms with Crippen LogP contribution in [0.4, 0.5) is 19.0 Å². The van der Waals surface area contributed by atoms with Crippen LogP contribution in [-0.4, -0.2) is 41.9 Å². The Morgan fingerprint density at radius 1 is 0.878 bits per heavy atom. The minimum Gasteiger partial charge on any atom is -0.344 e. The number of carbonyl (C=O) groups excluding carboxylic acids is 2. The van der Waals surface area contributed by atoms with Gasteiger partial charge >= 0.3 is 6.18 Å². The maximum absolute atomic E-state index is 13.3. The predicted octanol–water partition coefficient (Wildman–Crippen LogP) is 3.57. The number of ketones is 1. The van der Waals surface area contributed by atoms with Gasteiger partial charge in [0.05, 0.1) is 4.90 Å². The topological polar surface area (TPSA) is 127 Å². The molecular formula is C28H23F3N4O5S. The van der Waals surface area contributed by atoms with Crippen molar-refractivity contribution in [3.63, 3.8) is 0 Å². The number of benzene rings is 3. The summed E-state index contributed by atoms with van der Waals surface area (Å²) in [6.07, 6.45) is -5.64. The van der Waals surface area contributed by atoms with E-state index in [1.807, 2.05) is 0 Å². The van der Waals surface area contributed by atoms with Gasteiger partial charge in [-0.2, -0.15) is 13.2 Å². The highest BCUT2D eigenvalue weighted by molar-refractivity contribution is 7.92. The van der Waals surface area contributed by atoms with Crippen LogP contribution in [0.2, 0.25) is 0 Å². The fourth-order valence-corrected chi connectivity index (χ4v) is 4.97. The van der Waals surface area contributed by atoms with Crippen LogP contribution in [0.3, 0.4) is 0 Å². The Bertz CT molecular complexity index is 1700. The summed E-state index contributed by atoms with van der Waals surface area (Å²) < 4.78 is 68.6. The van der Waals surface area contributed by atoms with Gasteiger partial charge < -0.3 is 5.32 Å². The van der Waals surface area contributed by atoms with Crippen molar-refractivity contribution in [2.45, 2.75) is 30.1 Å². The van der Waals surface area contributed by atoms with E-state index >= 15 is 0 Å². The number of nitrogens with zero attached hydrogens (tertiary/aromatic N) is 2. The van der Waals surface area contributed by atoms with Crippen LogP contribution < -0.4 is 15.6 Å². The van der Waals surface area contributed by atoms with Gasteiger partial charge in [0.15, 0.2) is 0 Å². The molecule has 0 spiro atoms. The summed E-state index contributed by atoms with van der Waals surface area (Å²) in [4.78, 5) is 42.3. The summed E-state index contributed by atoms with van der Waals surface area (Å²) in [6.45, 7) is -0.793. The SMILES string of the molecule is O=C(Cn1c(-c2ccccc2)nc(NS(=O)(=O)c2ccccc2)cc1=O)NC(Cc1ccccc1)C(=O)C(F)(F)F. The van der Waals surface area contributed by atoms with Crippen LogP contribution in [0.25, 0.3) is 11.4 Å². The average Bonchev–Trinajstić information content (AvgIpc) is 2.94. The molecule has 1 heterocycles. The molecule has 0 saturated heterocycles. The first-order chi connectivity index (χ1) is 19.4. The second kappa shape index (κ2) is 12.2. The number of alkyl halides is 3. The van der Waals surface area contributed by atoms with Crippen molar-refractivity contribution >= 4 is 27.5 Å². The number of halogens is 3. The molecule has 9 nitrogen and oxygen atoms in total. The van der Waals surface area contributed by atoms with Crippen LogP contribution in [0.5, 0.6) is 0 Å². The van der Waals surface area contributed by atoms with Crippen molar-refractivity contribution in [2.75, 3.05) is 4.72 Å². The number of sulfonamides is 1. The molecule has 1 atom stereocenters. The van der Waals surface area contributed by atoms with Gasteiger partial charge in [0.25, 0.3) is 21.4 Å². The van der Waals surface area contributed by atoms with Crippen molar-refractivity contribution in [1.82, 2.24) is 14.9 Å². The summed E-state index contributed by atoms with van der Waals surface area (Å²) in [7, 11) is -4.12. The number of rotatable bonds is 10. The Balaban J connectivity index is 1.66. The standard InChI is InChI=1S/C28H23F3N4O5S/c29-28(30,31)26(38)22(16-19-10-4-1-5-11-19)32-24(36)18-35-25(37)17-23(33-27(35)20-12-6-2-7-13-20)34-41(39,40)21-14-8-3-9-15-21/h1-15,17,22,34H,16,18H2,(H,32,36). The monoisotopic (exact) mass is 584 g/mol. The van der Waals surface area contributed by atoms with Crippen molar-refractivity contribution < 1.29 is 31.2 Å². The van der Waals surface area contributed by atoms with Gasteiger partial charge in [0.1, 0.15) is 24.2 Å². The van der Waals surface area contributed by atoms with E-state index in [2.05, 4.69) is 15.0 Å². The molecule has 0 bridgehead atoms. The Morgan fingerprint density at radius 3 is 2.02 bits per heavy atom. The molecule has 1 amide bonds. The fraction of sp³-hybridized carbons (Fsp3) is 0.143. The molecule has 0 aliphatic heterocycles. The zero-order chi connectivity index (χ0) is 29.6. The van der Waals surface area contributed by atoms with Gasteiger partial charge in [-0.15, -0.1) is 0 Å². The summed E-state index contributed by atoms with van der Waals surface area (Å²) in [5.74, 6) is -3.65. The smallest absolute Gasteiger partial charge is 0.344 e. The van der Waals surface area contributed by atoms with Gasteiger partial charge in [-0.3, -0.25) is 23.7 Å². The lowest BCUT2D eigenvalue weighted by molar-refractivity contribution is -0.173. The largest absolute Gasteiger partial charge is 0.452 e. The lowest BCUT2D eigenvalue weighted by Gasteiger charge is -2.20. The molecule has 1 unspecified atom stereocenters. The molecule has 0 fully saturated rings. The number of aromatic nitrogens is 2. The Labute approximate surface area is 232 Å². The van der Waals surface area contributed by atoms with Crippen LogP contribution in [0.1, 0.15) is 5.56 Å². The number of hydrogen-bond acceptors (Lipinski definition) is 6. The number of carbonyl (C=O) groups is 2. The maximum atomic E-state index is 13.3. The normalized spacial score (nSPS) is 12.4. The number of anilines is 1. The summed E-state index contributed by atoms with van der Waals surface area (Å²) in [5.41, 5.74) is -0.152. The highest BCUT2D eigenvalue weighted by atomic mass is 32.2. The second-order valence-corrected chi connectivity index (χ2v) is 10.5. The molecule has 3 aromatic carbocycles. The van der Waals surface area contributed by atoms with Crippen LogP contribution in [0, 0.1) is 0 Å².